The van der Waals surface area contributed by atoms with Gasteiger partial charge in [0.05, 0.1) is 5.69 Å². The average molecular weight is 227 g/mol. The summed E-state index contributed by atoms with van der Waals surface area (Å²) in [5, 5.41) is 0. The lowest BCUT2D eigenvalue weighted by atomic mass is 9.96. The number of hydrogen-bond donors (Lipinski definition) is 1. The number of halogens is 3. The quantitative estimate of drug-likeness (QED) is 0.618. The molecule has 0 fully saturated rings. The summed E-state index contributed by atoms with van der Waals surface area (Å²) in [5.41, 5.74) is 5.21. The molecule has 1 nitrogen and oxygen atoms in total. The highest BCUT2D eigenvalue weighted by Gasteiger charge is 2.31. The van der Waals surface area contributed by atoms with Gasteiger partial charge in [-0.3, -0.25) is 0 Å². The molecule has 0 aliphatic carbocycles. The zero-order valence-electron chi connectivity index (χ0n) is 8.86. The summed E-state index contributed by atoms with van der Waals surface area (Å²) in [6.07, 6.45) is 0.463. The van der Waals surface area contributed by atoms with Crippen molar-refractivity contribution in [1.29, 1.82) is 0 Å². The van der Waals surface area contributed by atoms with Gasteiger partial charge in [0.25, 0.3) is 5.92 Å². The van der Waals surface area contributed by atoms with E-state index in [9.17, 15) is 13.2 Å². The van der Waals surface area contributed by atoms with Gasteiger partial charge >= 0.3 is 0 Å². The van der Waals surface area contributed by atoms with Crippen LogP contribution in [0.5, 0.6) is 0 Å². The molecule has 0 heterocycles. The van der Waals surface area contributed by atoms with E-state index in [1.165, 1.54) is 0 Å². The molecular weight excluding hydrogens is 215 g/mol. The Morgan fingerprint density at radius 1 is 1.44 bits per heavy atom. The third kappa shape index (κ3) is 2.10. The Bertz CT molecular complexity index is 450. The van der Waals surface area contributed by atoms with E-state index < -0.39 is 17.3 Å². The largest absolute Gasteiger partial charge is 0.396 e. The predicted octanol–water partition coefficient (Wildman–Crippen LogP) is 3.72. The lowest BCUT2D eigenvalue weighted by molar-refractivity contribution is 0.0519. The van der Waals surface area contributed by atoms with E-state index in [0.717, 1.165) is 12.1 Å². The van der Waals surface area contributed by atoms with E-state index in [0.29, 0.717) is 11.6 Å². The zero-order valence-corrected chi connectivity index (χ0v) is 8.86. The second kappa shape index (κ2) is 4.04. The lowest BCUT2D eigenvalue weighted by Crippen LogP contribution is -2.13. The molecule has 1 aromatic rings. The van der Waals surface area contributed by atoms with Gasteiger partial charge in [0, 0.05) is 5.56 Å². The van der Waals surface area contributed by atoms with Crippen molar-refractivity contribution >= 4 is 11.3 Å². The molecule has 0 aliphatic rings. The third-order valence-corrected chi connectivity index (χ3v) is 2.21. The van der Waals surface area contributed by atoms with Crippen molar-refractivity contribution < 1.29 is 13.2 Å². The summed E-state index contributed by atoms with van der Waals surface area (Å²) in [6.45, 7) is 8.14. The van der Waals surface area contributed by atoms with Crippen LogP contribution in [0.2, 0.25) is 0 Å². The van der Waals surface area contributed by atoms with Crippen molar-refractivity contribution in [2.45, 2.75) is 12.8 Å². The normalized spacial score (nSPS) is 11.2. The van der Waals surface area contributed by atoms with Crippen LogP contribution in [-0.4, -0.2) is 0 Å². The fourth-order valence-corrected chi connectivity index (χ4v) is 1.33. The number of alkyl halides is 2. The molecule has 4 heteroatoms. The second-order valence-electron chi connectivity index (χ2n) is 3.53. The Hall–Kier alpha value is -1.71. The predicted molar refractivity (Wildman–Crippen MR) is 59.6 cm³/mol. The summed E-state index contributed by atoms with van der Waals surface area (Å²) in [7, 11) is 0. The number of nitrogens with two attached hydrogens (primary N) is 1. The summed E-state index contributed by atoms with van der Waals surface area (Å²) < 4.78 is 40.1. The highest BCUT2D eigenvalue weighted by Crippen LogP contribution is 2.36. The topological polar surface area (TPSA) is 26.0 Å². The van der Waals surface area contributed by atoms with Crippen LogP contribution in [0.3, 0.4) is 0 Å². The van der Waals surface area contributed by atoms with Crippen LogP contribution in [0.4, 0.5) is 18.9 Å². The molecule has 1 aromatic carbocycles. The minimum Gasteiger partial charge on any atom is -0.396 e. The molecule has 0 saturated heterocycles. The van der Waals surface area contributed by atoms with Crippen molar-refractivity contribution in [3.05, 3.63) is 48.3 Å². The van der Waals surface area contributed by atoms with Crippen LogP contribution >= 0.6 is 0 Å². The number of anilines is 1. The van der Waals surface area contributed by atoms with Crippen LogP contribution in [0.1, 0.15) is 18.1 Å². The standard InChI is InChI=1S/C12H12F3N/c1-4-12(14,15)9-6-10(13)11(16)5-8(9)7(2)3/h4-6H,1-2,16H2,3H3. The number of allylic oxidation sites excluding steroid dienone is 2. The minimum absolute atomic E-state index is 0.142. The zero-order chi connectivity index (χ0) is 12.5. The lowest BCUT2D eigenvalue weighted by Gasteiger charge is -2.17. The van der Waals surface area contributed by atoms with Gasteiger partial charge < -0.3 is 5.73 Å². The smallest absolute Gasteiger partial charge is 0.292 e. The van der Waals surface area contributed by atoms with E-state index in [-0.39, 0.29) is 11.3 Å². The first-order chi connectivity index (χ1) is 7.29. The number of nitrogen functional groups attached to an aromatic ring is 1. The Balaban J connectivity index is 3.54. The fraction of sp³-hybridized carbons (Fsp3) is 0.167. The van der Waals surface area contributed by atoms with Gasteiger partial charge in [-0.25, -0.2) is 4.39 Å². The maximum absolute atomic E-state index is 13.5. The van der Waals surface area contributed by atoms with Gasteiger partial charge in [0.15, 0.2) is 0 Å². The molecule has 16 heavy (non-hydrogen) atoms. The first kappa shape index (κ1) is 12.4. The van der Waals surface area contributed by atoms with Crippen LogP contribution in [0.15, 0.2) is 31.4 Å². The minimum atomic E-state index is -3.30. The Morgan fingerprint density at radius 2 is 2.00 bits per heavy atom. The van der Waals surface area contributed by atoms with E-state index in [1.54, 1.807) is 6.92 Å². The highest BCUT2D eigenvalue weighted by molar-refractivity contribution is 5.69. The van der Waals surface area contributed by atoms with E-state index in [4.69, 9.17) is 5.73 Å². The summed E-state index contributed by atoms with van der Waals surface area (Å²) in [5.74, 6) is -4.18. The second-order valence-corrected chi connectivity index (χ2v) is 3.53. The highest BCUT2D eigenvalue weighted by atomic mass is 19.3. The van der Waals surface area contributed by atoms with E-state index >= 15 is 0 Å². The first-order valence-corrected chi connectivity index (χ1v) is 4.56. The Kier molecular flexibility index (Phi) is 3.12. The SMILES string of the molecule is C=CC(F)(F)c1cc(F)c(N)cc1C(=C)C. The summed E-state index contributed by atoms with van der Waals surface area (Å²) in [6, 6.07) is 1.88. The molecule has 1 rings (SSSR count). The molecule has 0 atom stereocenters. The number of benzene rings is 1. The number of rotatable bonds is 3. The molecule has 86 valence electrons. The Labute approximate surface area is 92.1 Å². The average Bonchev–Trinajstić information content (AvgIpc) is 2.21. The Morgan fingerprint density at radius 3 is 2.44 bits per heavy atom. The summed E-state index contributed by atoms with van der Waals surface area (Å²) in [4.78, 5) is 0. The third-order valence-electron chi connectivity index (χ3n) is 2.21. The molecule has 2 N–H and O–H groups in total. The fourth-order valence-electron chi connectivity index (χ4n) is 1.33. The monoisotopic (exact) mass is 227 g/mol. The van der Waals surface area contributed by atoms with Crippen LogP contribution < -0.4 is 5.73 Å². The van der Waals surface area contributed by atoms with E-state index in [1.807, 2.05) is 0 Å². The van der Waals surface area contributed by atoms with Crippen LogP contribution in [0.25, 0.3) is 5.57 Å². The molecular formula is C12H12F3N. The first-order valence-electron chi connectivity index (χ1n) is 4.56. The molecule has 0 bridgehead atoms. The number of hydrogen-bond acceptors (Lipinski definition) is 1. The molecule has 0 saturated carbocycles. The maximum atomic E-state index is 13.5. The van der Waals surface area contributed by atoms with Crippen molar-refractivity contribution in [2.24, 2.45) is 0 Å². The van der Waals surface area contributed by atoms with Gasteiger partial charge in [-0.15, -0.1) is 0 Å². The van der Waals surface area contributed by atoms with Gasteiger partial charge in [-0.1, -0.05) is 18.7 Å². The molecule has 0 aromatic heterocycles. The van der Waals surface area contributed by atoms with Crippen molar-refractivity contribution in [3.8, 4) is 0 Å². The molecule has 0 radical (unpaired) electrons. The maximum Gasteiger partial charge on any atom is 0.292 e. The molecule has 0 amide bonds. The molecule has 0 unspecified atom stereocenters. The van der Waals surface area contributed by atoms with Crippen molar-refractivity contribution in [3.63, 3.8) is 0 Å². The summed E-state index contributed by atoms with van der Waals surface area (Å²) >= 11 is 0. The molecule has 0 spiro atoms. The van der Waals surface area contributed by atoms with Crippen LogP contribution in [0, 0.1) is 5.82 Å². The van der Waals surface area contributed by atoms with Crippen molar-refractivity contribution in [1.82, 2.24) is 0 Å². The van der Waals surface area contributed by atoms with E-state index in [2.05, 4.69) is 13.2 Å². The van der Waals surface area contributed by atoms with Gasteiger partial charge in [0.1, 0.15) is 5.82 Å². The van der Waals surface area contributed by atoms with Crippen LogP contribution in [-0.2, 0) is 5.92 Å². The van der Waals surface area contributed by atoms with Crippen molar-refractivity contribution in [2.75, 3.05) is 5.73 Å². The van der Waals surface area contributed by atoms with Gasteiger partial charge in [-0.05, 0) is 30.7 Å². The van der Waals surface area contributed by atoms with Gasteiger partial charge in [-0.2, -0.15) is 8.78 Å². The van der Waals surface area contributed by atoms with Gasteiger partial charge in [0.2, 0.25) is 0 Å². The molecule has 0 aliphatic heterocycles.